The molecule has 0 aliphatic heterocycles. The molecule has 7 heteroatoms. The SMILES string of the molecule is COc1ccc(N(NC(C)=O)S(=O)(=O)c2ccccc2C)cc1. The van der Waals surface area contributed by atoms with Gasteiger partial charge in [0.15, 0.2) is 0 Å². The zero-order valence-corrected chi connectivity index (χ0v) is 13.9. The van der Waals surface area contributed by atoms with Crippen LogP contribution >= 0.6 is 0 Å². The van der Waals surface area contributed by atoms with Crippen LogP contribution in [0.4, 0.5) is 5.69 Å². The lowest BCUT2D eigenvalue weighted by Gasteiger charge is -2.25. The number of nitrogens with zero attached hydrogens (tertiary/aromatic N) is 1. The molecule has 0 aliphatic carbocycles. The van der Waals surface area contributed by atoms with Gasteiger partial charge in [0.25, 0.3) is 10.0 Å². The second-order valence-electron chi connectivity index (χ2n) is 4.90. The second kappa shape index (κ2) is 6.70. The zero-order chi connectivity index (χ0) is 17.0. The number of sulfonamides is 1. The first kappa shape index (κ1) is 16.8. The van der Waals surface area contributed by atoms with Crippen molar-refractivity contribution in [3.05, 3.63) is 54.1 Å². The molecule has 0 heterocycles. The fourth-order valence-corrected chi connectivity index (χ4v) is 3.64. The monoisotopic (exact) mass is 334 g/mol. The van der Waals surface area contributed by atoms with Crippen molar-refractivity contribution in [2.45, 2.75) is 18.7 Å². The molecule has 0 aromatic heterocycles. The van der Waals surface area contributed by atoms with Gasteiger partial charge in [0.1, 0.15) is 5.75 Å². The largest absolute Gasteiger partial charge is 0.497 e. The van der Waals surface area contributed by atoms with Crippen LogP contribution in [0.3, 0.4) is 0 Å². The maximum atomic E-state index is 12.9. The van der Waals surface area contributed by atoms with Gasteiger partial charge in [-0.05, 0) is 42.8 Å². The molecule has 0 spiro atoms. The predicted octanol–water partition coefficient (Wildman–Crippen LogP) is 2.25. The number of aryl methyl sites for hydroxylation is 1. The van der Waals surface area contributed by atoms with Gasteiger partial charge in [-0.3, -0.25) is 10.2 Å². The van der Waals surface area contributed by atoms with Crippen LogP contribution in [0.15, 0.2) is 53.4 Å². The Morgan fingerprint density at radius 2 is 1.70 bits per heavy atom. The number of carbonyl (C=O) groups is 1. The van der Waals surface area contributed by atoms with Gasteiger partial charge < -0.3 is 4.74 Å². The molecule has 0 radical (unpaired) electrons. The lowest BCUT2D eigenvalue weighted by atomic mass is 10.2. The van der Waals surface area contributed by atoms with E-state index in [-0.39, 0.29) is 4.90 Å². The Kier molecular flexibility index (Phi) is 4.90. The number of amides is 1. The molecule has 0 saturated heterocycles. The van der Waals surface area contributed by atoms with Crippen LogP contribution in [0, 0.1) is 6.92 Å². The number of rotatable bonds is 5. The Hall–Kier alpha value is -2.54. The summed E-state index contributed by atoms with van der Waals surface area (Å²) in [6.45, 7) is 2.96. The van der Waals surface area contributed by atoms with E-state index in [1.54, 1.807) is 49.4 Å². The summed E-state index contributed by atoms with van der Waals surface area (Å²) in [5, 5.41) is 0. The van der Waals surface area contributed by atoms with E-state index >= 15 is 0 Å². The Bertz CT molecular complexity index is 801. The van der Waals surface area contributed by atoms with Crippen molar-refractivity contribution >= 4 is 21.6 Å². The van der Waals surface area contributed by atoms with Crippen molar-refractivity contribution in [2.75, 3.05) is 11.5 Å². The van der Waals surface area contributed by atoms with Crippen LogP contribution < -0.4 is 14.6 Å². The van der Waals surface area contributed by atoms with Crippen molar-refractivity contribution in [3.8, 4) is 5.75 Å². The van der Waals surface area contributed by atoms with E-state index in [0.717, 1.165) is 4.41 Å². The molecule has 6 nitrogen and oxygen atoms in total. The minimum absolute atomic E-state index is 0.129. The van der Waals surface area contributed by atoms with Crippen molar-refractivity contribution in [2.24, 2.45) is 0 Å². The van der Waals surface area contributed by atoms with Crippen molar-refractivity contribution < 1.29 is 17.9 Å². The van der Waals surface area contributed by atoms with Crippen molar-refractivity contribution in [3.63, 3.8) is 0 Å². The molecule has 0 atom stereocenters. The summed E-state index contributed by atoms with van der Waals surface area (Å²) in [4.78, 5) is 11.6. The molecule has 0 aliphatic rings. The van der Waals surface area contributed by atoms with Crippen molar-refractivity contribution in [1.82, 2.24) is 5.43 Å². The number of hydrogen-bond donors (Lipinski definition) is 1. The van der Waals surface area contributed by atoms with E-state index in [1.807, 2.05) is 0 Å². The highest BCUT2D eigenvalue weighted by atomic mass is 32.2. The lowest BCUT2D eigenvalue weighted by molar-refractivity contribution is -0.118. The van der Waals surface area contributed by atoms with Gasteiger partial charge in [-0.1, -0.05) is 18.2 Å². The number of methoxy groups -OCH3 is 1. The van der Waals surface area contributed by atoms with E-state index in [9.17, 15) is 13.2 Å². The third-order valence-corrected chi connectivity index (χ3v) is 4.97. The topological polar surface area (TPSA) is 75.7 Å². The number of hydrazine groups is 1. The summed E-state index contributed by atoms with van der Waals surface area (Å²) >= 11 is 0. The average Bonchev–Trinajstić information content (AvgIpc) is 2.53. The molecular weight excluding hydrogens is 316 g/mol. The first-order valence-electron chi connectivity index (χ1n) is 6.88. The fraction of sp³-hybridized carbons (Fsp3) is 0.188. The van der Waals surface area contributed by atoms with E-state index in [1.165, 1.54) is 20.1 Å². The molecular formula is C16H18N2O4S. The van der Waals surface area contributed by atoms with Gasteiger partial charge in [-0.2, -0.15) is 12.8 Å². The van der Waals surface area contributed by atoms with Gasteiger partial charge in [-0.15, -0.1) is 0 Å². The summed E-state index contributed by atoms with van der Waals surface area (Å²) in [6, 6.07) is 13.0. The predicted molar refractivity (Wildman–Crippen MR) is 87.7 cm³/mol. The highest BCUT2D eigenvalue weighted by molar-refractivity contribution is 7.92. The number of anilines is 1. The van der Waals surface area contributed by atoms with Crippen LogP contribution in [0.1, 0.15) is 12.5 Å². The Labute approximate surface area is 135 Å². The average molecular weight is 334 g/mol. The molecule has 122 valence electrons. The Morgan fingerprint density at radius 1 is 1.09 bits per heavy atom. The summed E-state index contributed by atoms with van der Waals surface area (Å²) in [5.41, 5.74) is 3.27. The number of nitrogens with one attached hydrogen (secondary N) is 1. The first-order chi connectivity index (χ1) is 10.9. The van der Waals surface area contributed by atoms with Crippen LogP contribution in [0.5, 0.6) is 5.75 Å². The molecule has 2 aromatic carbocycles. The summed E-state index contributed by atoms with van der Waals surface area (Å²) in [7, 11) is -2.42. The molecule has 1 N–H and O–H groups in total. The van der Waals surface area contributed by atoms with Crippen molar-refractivity contribution in [1.29, 1.82) is 0 Å². The summed E-state index contributed by atoms with van der Waals surface area (Å²) in [6.07, 6.45) is 0. The molecule has 2 rings (SSSR count). The number of carbonyl (C=O) groups excluding carboxylic acids is 1. The standard InChI is InChI=1S/C16H18N2O4S/c1-12-6-4-5-7-16(12)23(20,21)18(17-13(2)19)14-8-10-15(22-3)11-9-14/h4-11H,1-3H3,(H,17,19). The maximum Gasteiger partial charge on any atom is 0.282 e. The molecule has 0 fully saturated rings. The van der Waals surface area contributed by atoms with E-state index in [0.29, 0.717) is 17.0 Å². The summed E-state index contributed by atoms with van der Waals surface area (Å²) < 4.78 is 31.8. The molecule has 2 aromatic rings. The fourth-order valence-electron chi connectivity index (χ4n) is 2.07. The summed E-state index contributed by atoms with van der Waals surface area (Å²) in [5.74, 6) is 0.0998. The minimum atomic E-state index is -3.94. The molecule has 1 amide bonds. The quantitative estimate of drug-likeness (QED) is 0.851. The van der Waals surface area contributed by atoms with E-state index < -0.39 is 15.9 Å². The van der Waals surface area contributed by atoms with E-state index in [2.05, 4.69) is 5.43 Å². The second-order valence-corrected chi connectivity index (χ2v) is 6.66. The highest BCUT2D eigenvalue weighted by Crippen LogP contribution is 2.25. The van der Waals surface area contributed by atoms with Gasteiger partial charge in [-0.25, -0.2) is 0 Å². The van der Waals surface area contributed by atoms with Crippen LogP contribution in [-0.2, 0) is 14.8 Å². The van der Waals surface area contributed by atoms with Gasteiger partial charge in [0.05, 0.1) is 17.7 Å². The third-order valence-electron chi connectivity index (χ3n) is 3.18. The van der Waals surface area contributed by atoms with Crippen LogP contribution in [0.2, 0.25) is 0 Å². The molecule has 0 unspecified atom stereocenters. The molecule has 23 heavy (non-hydrogen) atoms. The third kappa shape index (κ3) is 3.62. The maximum absolute atomic E-state index is 12.9. The minimum Gasteiger partial charge on any atom is -0.497 e. The molecule has 0 saturated carbocycles. The normalized spacial score (nSPS) is 10.9. The highest BCUT2D eigenvalue weighted by Gasteiger charge is 2.27. The van der Waals surface area contributed by atoms with Crippen LogP contribution in [-0.4, -0.2) is 21.4 Å². The number of benzene rings is 2. The van der Waals surface area contributed by atoms with E-state index in [4.69, 9.17) is 4.74 Å². The Balaban J connectivity index is 2.53. The zero-order valence-electron chi connectivity index (χ0n) is 13.1. The Morgan fingerprint density at radius 3 is 2.22 bits per heavy atom. The number of ether oxygens (including phenoxy) is 1. The first-order valence-corrected chi connectivity index (χ1v) is 8.32. The van der Waals surface area contributed by atoms with Gasteiger partial charge >= 0.3 is 0 Å². The van der Waals surface area contributed by atoms with Gasteiger partial charge in [0, 0.05) is 6.92 Å². The molecule has 0 bridgehead atoms. The smallest absolute Gasteiger partial charge is 0.282 e. The number of hydrogen-bond acceptors (Lipinski definition) is 4. The lowest BCUT2D eigenvalue weighted by Crippen LogP contribution is -2.45. The van der Waals surface area contributed by atoms with Crippen LogP contribution in [0.25, 0.3) is 0 Å². The van der Waals surface area contributed by atoms with Gasteiger partial charge in [0.2, 0.25) is 5.91 Å².